The topological polar surface area (TPSA) is 24.5 Å². The highest BCUT2D eigenvalue weighted by atomic mass is 16.5. The lowest BCUT2D eigenvalue weighted by molar-refractivity contribution is -0.0295. The SMILES string of the molecule is CC1CCC(CNC(C)C)(CN2CCOCC2C)CC1. The Hall–Kier alpha value is -0.120. The molecule has 20 heavy (non-hydrogen) atoms. The van der Waals surface area contributed by atoms with Gasteiger partial charge in [-0.3, -0.25) is 4.90 Å². The Labute approximate surface area is 125 Å². The van der Waals surface area contributed by atoms with Crippen LogP contribution >= 0.6 is 0 Å². The number of rotatable bonds is 5. The summed E-state index contributed by atoms with van der Waals surface area (Å²) < 4.78 is 5.59. The van der Waals surface area contributed by atoms with Gasteiger partial charge in [0.1, 0.15) is 0 Å². The van der Waals surface area contributed by atoms with Crippen LogP contribution in [-0.4, -0.2) is 49.8 Å². The summed E-state index contributed by atoms with van der Waals surface area (Å²) in [6.07, 6.45) is 5.58. The molecule has 0 aromatic heterocycles. The van der Waals surface area contributed by atoms with Crippen molar-refractivity contribution < 1.29 is 4.74 Å². The van der Waals surface area contributed by atoms with Gasteiger partial charge in [0.05, 0.1) is 13.2 Å². The molecule has 3 nitrogen and oxygen atoms in total. The van der Waals surface area contributed by atoms with E-state index in [1.54, 1.807) is 0 Å². The minimum absolute atomic E-state index is 0.488. The molecular formula is C17H34N2O. The summed E-state index contributed by atoms with van der Waals surface area (Å²) in [4.78, 5) is 2.67. The minimum Gasteiger partial charge on any atom is -0.379 e. The standard InChI is InChI=1S/C17H34N2O/c1-14(2)18-12-17(7-5-15(3)6-8-17)13-19-9-10-20-11-16(19)4/h14-16,18H,5-13H2,1-4H3. The molecule has 0 aromatic rings. The maximum atomic E-state index is 5.59. The zero-order valence-electron chi connectivity index (χ0n) is 14.0. The van der Waals surface area contributed by atoms with Crippen molar-refractivity contribution >= 4 is 0 Å². The van der Waals surface area contributed by atoms with Crippen molar-refractivity contribution in [2.45, 2.75) is 65.5 Å². The van der Waals surface area contributed by atoms with Gasteiger partial charge in [-0.1, -0.05) is 33.6 Å². The van der Waals surface area contributed by atoms with Gasteiger partial charge in [-0.25, -0.2) is 0 Å². The van der Waals surface area contributed by atoms with Crippen molar-refractivity contribution in [3.05, 3.63) is 0 Å². The lowest BCUT2D eigenvalue weighted by Crippen LogP contribution is -2.53. The largest absolute Gasteiger partial charge is 0.379 e. The Kier molecular flexibility index (Phi) is 5.88. The van der Waals surface area contributed by atoms with E-state index in [4.69, 9.17) is 4.74 Å². The molecule has 1 saturated heterocycles. The summed E-state index contributed by atoms with van der Waals surface area (Å²) in [6.45, 7) is 14.6. The monoisotopic (exact) mass is 282 g/mol. The number of nitrogens with zero attached hydrogens (tertiary/aromatic N) is 1. The quantitative estimate of drug-likeness (QED) is 0.839. The molecule has 2 fully saturated rings. The van der Waals surface area contributed by atoms with Crippen LogP contribution in [0, 0.1) is 11.3 Å². The summed E-state index contributed by atoms with van der Waals surface area (Å²) >= 11 is 0. The van der Waals surface area contributed by atoms with E-state index in [9.17, 15) is 0 Å². The zero-order chi connectivity index (χ0) is 14.6. The van der Waals surface area contributed by atoms with E-state index in [2.05, 4.69) is 37.9 Å². The Morgan fingerprint density at radius 1 is 1.25 bits per heavy atom. The maximum absolute atomic E-state index is 5.59. The van der Waals surface area contributed by atoms with Crippen molar-refractivity contribution in [3.63, 3.8) is 0 Å². The summed E-state index contributed by atoms with van der Waals surface area (Å²) in [5.41, 5.74) is 0.488. The molecule has 0 aromatic carbocycles. The maximum Gasteiger partial charge on any atom is 0.0619 e. The van der Waals surface area contributed by atoms with E-state index in [0.29, 0.717) is 17.5 Å². The van der Waals surface area contributed by atoms with E-state index in [-0.39, 0.29) is 0 Å². The third-order valence-electron chi connectivity index (χ3n) is 5.26. The van der Waals surface area contributed by atoms with Gasteiger partial charge >= 0.3 is 0 Å². The van der Waals surface area contributed by atoms with Crippen LogP contribution in [0.2, 0.25) is 0 Å². The molecule has 0 radical (unpaired) electrons. The molecule has 1 N–H and O–H groups in total. The van der Waals surface area contributed by atoms with Crippen molar-refractivity contribution in [1.29, 1.82) is 0 Å². The van der Waals surface area contributed by atoms with Gasteiger partial charge in [0.15, 0.2) is 0 Å². The second-order valence-electron chi connectivity index (χ2n) is 7.61. The van der Waals surface area contributed by atoms with Crippen LogP contribution in [0.15, 0.2) is 0 Å². The Morgan fingerprint density at radius 3 is 2.55 bits per heavy atom. The summed E-state index contributed by atoms with van der Waals surface area (Å²) in [5, 5.41) is 3.72. The third-order valence-corrected chi connectivity index (χ3v) is 5.26. The lowest BCUT2D eigenvalue weighted by Gasteiger charge is -2.46. The lowest BCUT2D eigenvalue weighted by atomic mass is 9.70. The molecule has 1 atom stereocenters. The van der Waals surface area contributed by atoms with Gasteiger partial charge in [-0.15, -0.1) is 0 Å². The highest BCUT2D eigenvalue weighted by Gasteiger charge is 2.37. The van der Waals surface area contributed by atoms with Crippen LogP contribution in [-0.2, 0) is 4.74 Å². The number of hydrogen-bond acceptors (Lipinski definition) is 3. The fraction of sp³-hybridized carbons (Fsp3) is 1.00. The molecule has 2 aliphatic rings. The Bertz CT molecular complexity index is 285. The number of morpholine rings is 1. The predicted molar refractivity (Wildman–Crippen MR) is 85.1 cm³/mol. The van der Waals surface area contributed by atoms with Gasteiger partial charge in [-0.05, 0) is 31.1 Å². The van der Waals surface area contributed by atoms with Crippen LogP contribution in [0.1, 0.15) is 53.4 Å². The smallest absolute Gasteiger partial charge is 0.0619 e. The van der Waals surface area contributed by atoms with Crippen LogP contribution in [0.25, 0.3) is 0 Å². The third kappa shape index (κ3) is 4.44. The first kappa shape index (κ1) is 16.3. The average Bonchev–Trinajstić information content (AvgIpc) is 2.42. The van der Waals surface area contributed by atoms with Gasteiger partial charge in [0, 0.05) is 31.7 Å². The van der Waals surface area contributed by atoms with Gasteiger partial charge in [-0.2, -0.15) is 0 Å². The summed E-state index contributed by atoms with van der Waals surface area (Å²) in [5.74, 6) is 0.921. The van der Waals surface area contributed by atoms with E-state index in [1.807, 2.05) is 0 Å². The molecule has 1 heterocycles. The summed E-state index contributed by atoms with van der Waals surface area (Å²) in [7, 11) is 0. The van der Waals surface area contributed by atoms with Crippen molar-refractivity contribution in [2.24, 2.45) is 11.3 Å². The van der Waals surface area contributed by atoms with Gasteiger partial charge < -0.3 is 10.1 Å². The normalized spacial score (nSPS) is 36.5. The zero-order valence-corrected chi connectivity index (χ0v) is 14.0. The van der Waals surface area contributed by atoms with E-state index < -0.39 is 0 Å². The van der Waals surface area contributed by atoms with Gasteiger partial charge in [0.25, 0.3) is 0 Å². The second-order valence-corrected chi connectivity index (χ2v) is 7.61. The number of ether oxygens (including phenoxy) is 1. The van der Waals surface area contributed by atoms with Crippen LogP contribution < -0.4 is 5.32 Å². The van der Waals surface area contributed by atoms with Crippen molar-refractivity contribution in [1.82, 2.24) is 10.2 Å². The molecule has 118 valence electrons. The molecule has 1 unspecified atom stereocenters. The number of hydrogen-bond donors (Lipinski definition) is 1. The number of nitrogens with one attached hydrogen (secondary N) is 1. The van der Waals surface area contributed by atoms with E-state index in [0.717, 1.165) is 25.7 Å². The molecule has 1 aliphatic heterocycles. The second kappa shape index (κ2) is 7.24. The molecule has 0 amide bonds. The Morgan fingerprint density at radius 2 is 1.95 bits per heavy atom. The van der Waals surface area contributed by atoms with Crippen molar-refractivity contribution in [3.8, 4) is 0 Å². The molecule has 3 heteroatoms. The van der Waals surface area contributed by atoms with Crippen LogP contribution in [0.5, 0.6) is 0 Å². The fourth-order valence-electron chi connectivity index (χ4n) is 3.61. The Balaban J connectivity index is 1.97. The van der Waals surface area contributed by atoms with E-state index in [1.165, 1.54) is 38.8 Å². The molecular weight excluding hydrogens is 248 g/mol. The fourth-order valence-corrected chi connectivity index (χ4v) is 3.61. The molecule has 2 rings (SSSR count). The molecule has 0 spiro atoms. The minimum atomic E-state index is 0.488. The highest BCUT2D eigenvalue weighted by Crippen LogP contribution is 2.39. The van der Waals surface area contributed by atoms with Crippen LogP contribution in [0.4, 0.5) is 0 Å². The molecule has 1 saturated carbocycles. The molecule has 0 bridgehead atoms. The first-order valence-electron chi connectivity index (χ1n) is 8.56. The summed E-state index contributed by atoms with van der Waals surface area (Å²) in [6, 6.07) is 1.17. The first-order chi connectivity index (χ1) is 9.51. The van der Waals surface area contributed by atoms with Crippen LogP contribution in [0.3, 0.4) is 0 Å². The highest BCUT2D eigenvalue weighted by molar-refractivity contribution is 4.91. The molecule has 1 aliphatic carbocycles. The predicted octanol–water partition coefficient (Wildman–Crippen LogP) is 2.90. The van der Waals surface area contributed by atoms with E-state index >= 15 is 0 Å². The first-order valence-corrected chi connectivity index (χ1v) is 8.56. The van der Waals surface area contributed by atoms with Crippen molar-refractivity contribution in [2.75, 3.05) is 32.8 Å². The van der Waals surface area contributed by atoms with Gasteiger partial charge in [0.2, 0.25) is 0 Å². The average molecular weight is 282 g/mol.